The molecular weight excluding hydrogens is 264 g/mol. The molecule has 0 saturated carbocycles. The second-order valence-electron chi connectivity index (χ2n) is 3.81. The summed E-state index contributed by atoms with van der Waals surface area (Å²) in [6, 6.07) is 9.71. The molecule has 0 heterocycles. The maximum Gasteiger partial charge on any atom is 0.193 e. The number of nitrogens with zero attached hydrogens (tertiary/aromatic N) is 1. The smallest absolute Gasteiger partial charge is 0.193 e. The molecule has 0 radical (unpaired) electrons. The number of hydrogen-bond acceptors (Lipinski definition) is 4. The lowest BCUT2D eigenvalue weighted by Gasteiger charge is -2.10. The van der Waals surface area contributed by atoms with Gasteiger partial charge in [0.05, 0.1) is 19.3 Å². The Kier molecular flexibility index (Phi) is 6.94. The third kappa shape index (κ3) is 7.45. The van der Waals surface area contributed by atoms with Crippen LogP contribution in [0.1, 0.15) is 5.56 Å². The summed E-state index contributed by atoms with van der Waals surface area (Å²) >= 11 is 1.06. The van der Waals surface area contributed by atoms with Crippen molar-refractivity contribution in [2.75, 3.05) is 12.4 Å². The van der Waals surface area contributed by atoms with Gasteiger partial charge >= 0.3 is 0 Å². The lowest BCUT2D eigenvalue weighted by molar-refractivity contribution is 0.0399. The molecule has 19 heavy (non-hydrogen) atoms. The molecule has 104 valence electrons. The molecule has 7 heteroatoms. The summed E-state index contributed by atoms with van der Waals surface area (Å²) in [5.74, 6) is 0.150. The first-order valence-electron chi connectivity index (χ1n) is 5.68. The average Bonchev–Trinajstić information content (AvgIpc) is 2.37. The lowest BCUT2D eigenvalue weighted by atomic mass is 10.2. The van der Waals surface area contributed by atoms with E-state index in [2.05, 4.69) is 4.99 Å². The monoisotopic (exact) mass is 282 g/mol. The Bertz CT molecular complexity index is 421. The molecule has 0 aliphatic heterocycles. The number of nitrogens with one attached hydrogen (secondary N) is 1. The fourth-order valence-corrected chi connectivity index (χ4v) is 1.88. The Morgan fingerprint density at radius 1 is 1.37 bits per heavy atom. The van der Waals surface area contributed by atoms with Gasteiger partial charge in [-0.3, -0.25) is 5.41 Å². The van der Waals surface area contributed by atoms with Crippen LogP contribution in [0.25, 0.3) is 0 Å². The van der Waals surface area contributed by atoms with Gasteiger partial charge in [-0.15, -0.1) is 0 Å². The first kappa shape index (κ1) is 15.5. The minimum atomic E-state index is -0.664. The Labute approximate surface area is 116 Å². The van der Waals surface area contributed by atoms with Gasteiger partial charge < -0.3 is 21.3 Å². The minimum Gasteiger partial charge on any atom is -0.390 e. The molecule has 1 atom stereocenters. The number of guanidine groups is 1. The first-order chi connectivity index (χ1) is 9.08. The molecule has 1 rings (SSSR count). The third-order valence-electron chi connectivity index (χ3n) is 2.06. The Morgan fingerprint density at radius 2 is 2.05 bits per heavy atom. The molecule has 0 amide bonds. The van der Waals surface area contributed by atoms with E-state index in [1.807, 2.05) is 30.3 Å². The highest BCUT2D eigenvalue weighted by Gasteiger charge is 2.07. The summed E-state index contributed by atoms with van der Waals surface area (Å²) in [6.45, 7) is 0.658. The summed E-state index contributed by atoms with van der Waals surface area (Å²) in [5.41, 5.74) is 11.3. The molecule has 1 aromatic rings. The third-order valence-corrected chi connectivity index (χ3v) is 2.98. The molecule has 0 aliphatic rings. The quantitative estimate of drug-likeness (QED) is 0.448. The van der Waals surface area contributed by atoms with Gasteiger partial charge in [0.1, 0.15) is 0 Å². The van der Waals surface area contributed by atoms with Crippen LogP contribution in [-0.4, -0.2) is 34.7 Å². The predicted octanol–water partition coefficient (Wildman–Crippen LogP) is 0.505. The van der Waals surface area contributed by atoms with Crippen molar-refractivity contribution in [3.8, 4) is 0 Å². The number of aliphatic hydroxyl groups excluding tert-OH is 1. The maximum absolute atomic E-state index is 9.66. The Hall–Kier alpha value is -1.57. The van der Waals surface area contributed by atoms with Crippen LogP contribution in [0.5, 0.6) is 0 Å². The van der Waals surface area contributed by atoms with E-state index >= 15 is 0 Å². The second kappa shape index (κ2) is 8.52. The number of aliphatic imine (C=N–C) groups is 1. The molecule has 0 spiro atoms. The number of benzene rings is 1. The van der Waals surface area contributed by atoms with Crippen LogP contribution in [0.15, 0.2) is 35.3 Å². The Balaban J connectivity index is 2.16. The number of amidine groups is 1. The minimum absolute atomic E-state index is 0.0258. The molecule has 0 saturated heterocycles. The van der Waals surface area contributed by atoms with Gasteiger partial charge in [0.25, 0.3) is 0 Å². The van der Waals surface area contributed by atoms with Crippen LogP contribution >= 0.6 is 11.8 Å². The van der Waals surface area contributed by atoms with Crippen LogP contribution in [0, 0.1) is 5.41 Å². The summed E-state index contributed by atoms with van der Waals surface area (Å²) in [6.07, 6.45) is -0.664. The van der Waals surface area contributed by atoms with Crippen molar-refractivity contribution in [2.45, 2.75) is 12.7 Å². The van der Waals surface area contributed by atoms with Crippen LogP contribution < -0.4 is 11.5 Å². The highest BCUT2D eigenvalue weighted by molar-refractivity contribution is 8.13. The van der Waals surface area contributed by atoms with E-state index in [0.717, 1.165) is 17.3 Å². The highest BCUT2D eigenvalue weighted by Crippen LogP contribution is 2.07. The van der Waals surface area contributed by atoms with Crippen LogP contribution in [0.2, 0.25) is 0 Å². The van der Waals surface area contributed by atoms with E-state index in [-0.39, 0.29) is 17.7 Å². The van der Waals surface area contributed by atoms with Gasteiger partial charge in [0.15, 0.2) is 11.1 Å². The number of aliphatic hydroxyl groups is 1. The van der Waals surface area contributed by atoms with Crippen LogP contribution in [-0.2, 0) is 11.3 Å². The molecular formula is C12H18N4O2S. The van der Waals surface area contributed by atoms with Gasteiger partial charge in [-0.2, -0.15) is 4.99 Å². The summed E-state index contributed by atoms with van der Waals surface area (Å²) in [5, 5.41) is 17.0. The van der Waals surface area contributed by atoms with Gasteiger partial charge in [-0.05, 0) is 5.56 Å². The summed E-state index contributed by atoms with van der Waals surface area (Å²) in [7, 11) is 0. The van der Waals surface area contributed by atoms with Gasteiger partial charge in [0, 0.05) is 5.75 Å². The zero-order chi connectivity index (χ0) is 14.1. The largest absolute Gasteiger partial charge is 0.390 e. The second-order valence-corrected chi connectivity index (χ2v) is 4.82. The summed E-state index contributed by atoms with van der Waals surface area (Å²) in [4.78, 5) is 3.54. The van der Waals surface area contributed by atoms with E-state index in [1.165, 1.54) is 0 Å². The number of rotatable bonds is 6. The van der Waals surface area contributed by atoms with Gasteiger partial charge in [-0.25, -0.2) is 0 Å². The molecule has 1 aromatic carbocycles. The van der Waals surface area contributed by atoms with Crippen molar-refractivity contribution in [1.29, 1.82) is 5.41 Å². The number of nitrogens with two attached hydrogens (primary N) is 2. The molecule has 0 aromatic heterocycles. The van der Waals surface area contributed by atoms with Gasteiger partial charge in [-0.1, -0.05) is 42.1 Å². The van der Waals surface area contributed by atoms with E-state index in [1.54, 1.807) is 0 Å². The zero-order valence-electron chi connectivity index (χ0n) is 10.5. The normalized spacial score (nSPS) is 11.8. The van der Waals surface area contributed by atoms with Crippen molar-refractivity contribution in [2.24, 2.45) is 16.5 Å². The average molecular weight is 282 g/mol. The summed E-state index contributed by atoms with van der Waals surface area (Å²) < 4.78 is 5.38. The number of ether oxygens (including phenoxy) is 1. The number of hydrogen-bond donors (Lipinski definition) is 4. The molecule has 0 fully saturated rings. The van der Waals surface area contributed by atoms with Crippen molar-refractivity contribution in [1.82, 2.24) is 0 Å². The van der Waals surface area contributed by atoms with Crippen molar-refractivity contribution in [3.63, 3.8) is 0 Å². The fourth-order valence-electron chi connectivity index (χ4n) is 1.26. The zero-order valence-corrected chi connectivity index (χ0v) is 11.3. The van der Waals surface area contributed by atoms with E-state index in [4.69, 9.17) is 21.6 Å². The number of thioether (sulfide) groups is 1. The molecule has 0 aliphatic carbocycles. The fraction of sp³-hybridized carbons (Fsp3) is 0.333. The standard InChI is InChI=1S/C12H18N4O2S/c13-11(14)16-12(15)19-8-10(17)7-18-6-9-4-2-1-3-5-9/h1-5,10,17H,6-8H2,(H5,13,14,15,16). The molecule has 1 unspecified atom stereocenters. The van der Waals surface area contributed by atoms with E-state index in [0.29, 0.717) is 12.4 Å². The maximum atomic E-state index is 9.66. The van der Waals surface area contributed by atoms with Gasteiger partial charge in [0.2, 0.25) is 0 Å². The Morgan fingerprint density at radius 3 is 2.68 bits per heavy atom. The van der Waals surface area contributed by atoms with Crippen molar-refractivity contribution < 1.29 is 9.84 Å². The van der Waals surface area contributed by atoms with Crippen molar-refractivity contribution in [3.05, 3.63) is 35.9 Å². The van der Waals surface area contributed by atoms with Crippen LogP contribution in [0.3, 0.4) is 0 Å². The lowest BCUT2D eigenvalue weighted by Crippen LogP contribution is -2.24. The molecule has 6 N–H and O–H groups in total. The van der Waals surface area contributed by atoms with Crippen molar-refractivity contribution >= 4 is 22.9 Å². The SMILES string of the molecule is N=C(N=C(N)N)SCC(O)COCc1ccccc1. The van der Waals surface area contributed by atoms with Crippen LogP contribution in [0.4, 0.5) is 0 Å². The topological polar surface area (TPSA) is 118 Å². The predicted molar refractivity (Wildman–Crippen MR) is 78.1 cm³/mol. The molecule has 6 nitrogen and oxygen atoms in total. The highest BCUT2D eigenvalue weighted by atomic mass is 32.2. The molecule has 0 bridgehead atoms. The van der Waals surface area contributed by atoms with E-state index < -0.39 is 6.10 Å². The first-order valence-corrected chi connectivity index (χ1v) is 6.67. The van der Waals surface area contributed by atoms with E-state index in [9.17, 15) is 5.11 Å².